The van der Waals surface area contributed by atoms with Crippen molar-refractivity contribution in [2.24, 2.45) is 0 Å². The molecule has 7 nitrogen and oxygen atoms in total. The van der Waals surface area contributed by atoms with Crippen LogP contribution >= 0.6 is 0 Å². The minimum absolute atomic E-state index is 0.0423. The minimum atomic E-state index is -0.430. The minimum Gasteiger partial charge on any atom is -0.465 e. The lowest BCUT2D eigenvalue weighted by atomic mass is 9.98. The Labute approximate surface area is 202 Å². The van der Waals surface area contributed by atoms with Gasteiger partial charge in [-0.3, -0.25) is 5.10 Å². The number of carbonyl (C=O) groups is 2. The van der Waals surface area contributed by atoms with Crippen molar-refractivity contribution in [1.82, 2.24) is 15.5 Å². The van der Waals surface area contributed by atoms with Gasteiger partial charge in [-0.05, 0) is 52.9 Å². The van der Waals surface area contributed by atoms with Crippen molar-refractivity contribution in [1.29, 1.82) is 0 Å². The molecule has 0 atom stereocenters. The molecule has 0 unspecified atom stereocenters. The third-order valence-corrected chi connectivity index (χ3v) is 6.21. The highest BCUT2D eigenvalue weighted by molar-refractivity contribution is 5.96. The largest absolute Gasteiger partial charge is 0.465 e. The molecule has 0 bridgehead atoms. The molecule has 176 valence electrons. The fourth-order valence-corrected chi connectivity index (χ4v) is 4.51. The van der Waals surface area contributed by atoms with Crippen LogP contribution in [0.2, 0.25) is 0 Å². The van der Waals surface area contributed by atoms with Gasteiger partial charge in [0.1, 0.15) is 6.61 Å². The molecule has 7 heteroatoms. The van der Waals surface area contributed by atoms with E-state index in [1.807, 2.05) is 42.5 Å². The molecule has 0 spiro atoms. The van der Waals surface area contributed by atoms with E-state index in [-0.39, 0.29) is 5.92 Å². The number of amides is 1. The van der Waals surface area contributed by atoms with E-state index in [2.05, 4.69) is 39.8 Å². The predicted molar refractivity (Wildman–Crippen MR) is 134 cm³/mol. The average molecular weight is 468 g/mol. The van der Waals surface area contributed by atoms with E-state index in [4.69, 9.17) is 9.47 Å². The van der Waals surface area contributed by atoms with Gasteiger partial charge in [-0.1, -0.05) is 54.6 Å². The van der Waals surface area contributed by atoms with Crippen LogP contribution < -0.4 is 5.32 Å². The highest BCUT2D eigenvalue weighted by Crippen LogP contribution is 2.44. The second-order valence-electron chi connectivity index (χ2n) is 8.30. The van der Waals surface area contributed by atoms with Crippen molar-refractivity contribution in [2.45, 2.75) is 12.3 Å². The van der Waals surface area contributed by atoms with Crippen LogP contribution in [0.4, 0.5) is 4.79 Å². The van der Waals surface area contributed by atoms with Crippen molar-refractivity contribution in [3.63, 3.8) is 0 Å². The summed E-state index contributed by atoms with van der Waals surface area (Å²) in [5.74, 6) is -0.349. The first-order valence-corrected chi connectivity index (χ1v) is 11.5. The quantitative estimate of drug-likeness (QED) is 0.285. The zero-order valence-electron chi connectivity index (χ0n) is 19.3. The Morgan fingerprint density at radius 1 is 1.03 bits per heavy atom. The van der Waals surface area contributed by atoms with E-state index in [9.17, 15) is 9.59 Å². The smallest absolute Gasteiger partial charge is 0.407 e. The summed E-state index contributed by atoms with van der Waals surface area (Å²) in [6.45, 7) is 0.741. The molecule has 2 N–H and O–H groups in total. The van der Waals surface area contributed by atoms with Gasteiger partial charge in [0, 0.05) is 17.8 Å². The summed E-state index contributed by atoms with van der Waals surface area (Å²) < 4.78 is 10.3. The Balaban J connectivity index is 1.12. The number of esters is 1. The van der Waals surface area contributed by atoms with Crippen LogP contribution in [0.1, 0.15) is 39.5 Å². The number of nitrogens with one attached hydrogen (secondary N) is 2. The van der Waals surface area contributed by atoms with E-state index in [0.717, 1.165) is 16.6 Å². The second kappa shape index (κ2) is 9.85. The zero-order valence-corrected chi connectivity index (χ0v) is 19.3. The van der Waals surface area contributed by atoms with Crippen molar-refractivity contribution >= 4 is 29.0 Å². The summed E-state index contributed by atoms with van der Waals surface area (Å²) >= 11 is 0. The number of methoxy groups -OCH3 is 1. The molecule has 5 rings (SSSR count). The number of alkyl carbamates (subject to hydrolysis) is 1. The normalized spacial score (nSPS) is 12.5. The summed E-state index contributed by atoms with van der Waals surface area (Å²) in [6, 6.07) is 21.8. The fraction of sp³-hybridized carbons (Fsp3) is 0.179. The van der Waals surface area contributed by atoms with Gasteiger partial charge in [-0.15, -0.1) is 0 Å². The number of ether oxygens (including phenoxy) is 2. The molecule has 0 aliphatic heterocycles. The lowest BCUT2D eigenvalue weighted by Crippen LogP contribution is -2.26. The average Bonchev–Trinajstić information content (AvgIpc) is 3.45. The number of aromatic nitrogens is 2. The molecule has 1 aliphatic carbocycles. The lowest BCUT2D eigenvalue weighted by molar-refractivity contribution is 0.0601. The standard InChI is InChI=1S/C28H25N3O4/c1-34-27(32)18-13-14-23-25(30-31-26(23)16-18)12-6-7-15-29-28(33)35-17-24-21-10-4-2-8-19(21)20-9-3-5-11-22(20)24/h2-6,8-14,16,24H,7,15,17H2,1H3,(H,29,33)(H,30,31). The van der Waals surface area contributed by atoms with Gasteiger partial charge >= 0.3 is 12.1 Å². The number of hydrogen-bond acceptors (Lipinski definition) is 5. The van der Waals surface area contributed by atoms with E-state index < -0.39 is 12.1 Å². The summed E-state index contributed by atoms with van der Waals surface area (Å²) in [7, 11) is 1.35. The maximum atomic E-state index is 12.3. The molecule has 0 saturated carbocycles. The van der Waals surface area contributed by atoms with Crippen LogP contribution in [-0.4, -0.2) is 42.5 Å². The van der Waals surface area contributed by atoms with E-state index in [1.54, 1.807) is 12.1 Å². The maximum absolute atomic E-state index is 12.3. The maximum Gasteiger partial charge on any atom is 0.407 e. The molecule has 3 aromatic carbocycles. The first-order valence-electron chi connectivity index (χ1n) is 11.5. The molecule has 35 heavy (non-hydrogen) atoms. The third-order valence-electron chi connectivity index (χ3n) is 6.21. The molecule has 1 heterocycles. The number of hydrogen-bond donors (Lipinski definition) is 2. The van der Waals surface area contributed by atoms with Crippen molar-refractivity contribution in [3.8, 4) is 11.1 Å². The first-order chi connectivity index (χ1) is 17.2. The van der Waals surface area contributed by atoms with Crippen molar-refractivity contribution in [2.75, 3.05) is 20.3 Å². The molecule has 1 amide bonds. The van der Waals surface area contributed by atoms with Crippen LogP contribution in [0.5, 0.6) is 0 Å². The Kier molecular flexibility index (Phi) is 6.30. The number of benzene rings is 3. The number of aromatic amines is 1. The van der Waals surface area contributed by atoms with Gasteiger partial charge in [-0.25, -0.2) is 9.59 Å². The van der Waals surface area contributed by atoms with Crippen molar-refractivity contribution < 1.29 is 19.1 Å². The van der Waals surface area contributed by atoms with Crippen LogP contribution in [0.3, 0.4) is 0 Å². The number of H-pyrrole nitrogens is 1. The predicted octanol–water partition coefficient (Wildman–Crippen LogP) is 5.29. The van der Waals surface area contributed by atoms with Crippen LogP contribution in [0.25, 0.3) is 28.1 Å². The molecular formula is C28H25N3O4. The van der Waals surface area contributed by atoms with Gasteiger partial charge in [0.25, 0.3) is 0 Å². The van der Waals surface area contributed by atoms with Gasteiger partial charge in [0.15, 0.2) is 0 Å². The van der Waals surface area contributed by atoms with Gasteiger partial charge < -0.3 is 14.8 Å². The highest BCUT2D eigenvalue weighted by Gasteiger charge is 2.28. The molecule has 4 aromatic rings. The zero-order chi connectivity index (χ0) is 24.2. The van der Waals surface area contributed by atoms with Gasteiger partial charge in [0.2, 0.25) is 0 Å². The Hall–Kier alpha value is -4.39. The fourth-order valence-electron chi connectivity index (χ4n) is 4.51. The summed E-state index contributed by atoms with van der Waals surface area (Å²) in [5.41, 5.74) is 6.77. The topological polar surface area (TPSA) is 93.3 Å². The number of rotatable bonds is 7. The molecule has 1 aliphatic rings. The van der Waals surface area contributed by atoms with E-state index in [1.165, 1.54) is 29.4 Å². The SMILES string of the molecule is COC(=O)c1ccc2c(C=CCCNC(=O)OCC3c4ccccc4-c4ccccc43)n[nH]c2c1. The first kappa shape index (κ1) is 22.4. The third kappa shape index (κ3) is 4.53. The molecule has 0 radical (unpaired) electrons. The molecular weight excluding hydrogens is 442 g/mol. The van der Waals surface area contributed by atoms with E-state index >= 15 is 0 Å². The Morgan fingerprint density at radius 3 is 2.46 bits per heavy atom. The second-order valence-corrected chi connectivity index (χ2v) is 8.30. The Morgan fingerprint density at radius 2 is 1.74 bits per heavy atom. The van der Waals surface area contributed by atoms with E-state index in [0.29, 0.717) is 25.1 Å². The van der Waals surface area contributed by atoms with Gasteiger partial charge in [0.05, 0.1) is 23.9 Å². The summed E-state index contributed by atoms with van der Waals surface area (Å²) in [6.07, 6.45) is 4.02. The molecule has 1 aromatic heterocycles. The highest BCUT2D eigenvalue weighted by atomic mass is 16.5. The lowest BCUT2D eigenvalue weighted by Gasteiger charge is -2.14. The summed E-state index contributed by atoms with van der Waals surface area (Å²) in [4.78, 5) is 24.0. The number of fused-ring (bicyclic) bond motifs is 4. The molecule has 0 saturated heterocycles. The number of nitrogens with zero attached hydrogens (tertiary/aromatic N) is 1. The Bertz CT molecular complexity index is 1380. The summed E-state index contributed by atoms with van der Waals surface area (Å²) in [5, 5.41) is 10.9. The van der Waals surface area contributed by atoms with Crippen molar-refractivity contribution in [3.05, 3.63) is 95.2 Å². The van der Waals surface area contributed by atoms with Crippen LogP contribution in [0, 0.1) is 0 Å². The number of carbonyl (C=O) groups excluding carboxylic acids is 2. The van der Waals surface area contributed by atoms with Crippen LogP contribution in [-0.2, 0) is 9.47 Å². The van der Waals surface area contributed by atoms with Gasteiger partial charge in [-0.2, -0.15) is 5.10 Å². The molecule has 0 fully saturated rings. The van der Waals surface area contributed by atoms with Crippen LogP contribution in [0.15, 0.2) is 72.8 Å². The monoisotopic (exact) mass is 467 g/mol.